The molecule has 9 nitrogen and oxygen atoms in total. The van der Waals surface area contributed by atoms with Gasteiger partial charge in [-0.2, -0.15) is 0 Å². The summed E-state index contributed by atoms with van der Waals surface area (Å²) in [6.45, 7) is 4.76. The summed E-state index contributed by atoms with van der Waals surface area (Å²) < 4.78 is 52.3. The first kappa shape index (κ1) is 28.7. The number of aromatic nitrogens is 2. The Morgan fingerprint density at radius 3 is 2.29 bits per heavy atom. The molecule has 3 rings (SSSR count). The average Bonchev–Trinajstić information content (AvgIpc) is 2.82. The van der Waals surface area contributed by atoms with Crippen LogP contribution >= 0.6 is 15.9 Å². The zero-order valence-electron chi connectivity index (χ0n) is 20.7. The number of carbonyl (C=O) groups is 2. The lowest BCUT2D eigenvalue weighted by molar-refractivity contribution is -0.274. The molecule has 0 aliphatic heterocycles. The number of carbonyl (C=O) groups excluding carboxylic acids is 2. The van der Waals surface area contributed by atoms with E-state index < -0.39 is 29.8 Å². The van der Waals surface area contributed by atoms with Gasteiger partial charge in [0.15, 0.2) is 0 Å². The Hall–Kier alpha value is -3.87. The van der Waals surface area contributed by atoms with Crippen LogP contribution in [0.2, 0.25) is 0 Å². The quantitative estimate of drug-likeness (QED) is 0.332. The van der Waals surface area contributed by atoms with Gasteiger partial charge in [0, 0.05) is 18.0 Å². The van der Waals surface area contributed by atoms with E-state index in [1.807, 2.05) is 0 Å². The topological polar surface area (TPSA) is 111 Å². The van der Waals surface area contributed by atoms with E-state index in [1.54, 1.807) is 20.8 Å². The minimum atomic E-state index is -4.88. The van der Waals surface area contributed by atoms with Crippen LogP contribution in [0.5, 0.6) is 11.5 Å². The van der Waals surface area contributed by atoms with Gasteiger partial charge in [0.2, 0.25) is 5.95 Å². The van der Waals surface area contributed by atoms with Gasteiger partial charge >= 0.3 is 18.4 Å². The van der Waals surface area contributed by atoms with Crippen molar-refractivity contribution in [1.82, 2.24) is 9.97 Å². The van der Waals surface area contributed by atoms with Crippen molar-refractivity contribution < 1.29 is 42.1 Å². The second-order valence-corrected chi connectivity index (χ2v) is 9.73. The minimum Gasteiger partial charge on any atom is -0.506 e. The third-order valence-electron chi connectivity index (χ3n) is 4.77. The monoisotopic (exact) mass is 597 g/mol. The summed E-state index contributed by atoms with van der Waals surface area (Å²) in [6, 6.07) is 8.08. The number of aromatic hydroxyl groups is 1. The van der Waals surface area contributed by atoms with Crippen molar-refractivity contribution in [2.24, 2.45) is 0 Å². The maximum absolute atomic E-state index is 13.0. The van der Waals surface area contributed by atoms with Gasteiger partial charge in [0.1, 0.15) is 22.7 Å². The first-order valence-corrected chi connectivity index (χ1v) is 11.7. The molecular weight excluding hydrogens is 575 g/mol. The molecular formula is C25H23BrF3N3O6. The number of esters is 1. The highest BCUT2D eigenvalue weighted by atomic mass is 79.9. The molecule has 202 valence electrons. The third kappa shape index (κ3) is 7.57. The van der Waals surface area contributed by atoms with Crippen LogP contribution in [0, 0.1) is 0 Å². The highest BCUT2D eigenvalue weighted by molar-refractivity contribution is 9.10. The number of nitrogens with zero attached hydrogens (tertiary/aromatic N) is 3. The van der Waals surface area contributed by atoms with Crippen molar-refractivity contribution in [3.8, 4) is 22.6 Å². The highest BCUT2D eigenvalue weighted by Crippen LogP contribution is 2.34. The third-order valence-corrected chi connectivity index (χ3v) is 5.37. The second kappa shape index (κ2) is 11.3. The number of benzene rings is 2. The predicted octanol–water partition coefficient (Wildman–Crippen LogP) is 6.24. The summed E-state index contributed by atoms with van der Waals surface area (Å²) in [5.41, 5.74) is 0.235. The van der Waals surface area contributed by atoms with Crippen molar-refractivity contribution in [2.45, 2.75) is 39.3 Å². The largest absolute Gasteiger partial charge is 0.573 e. The Morgan fingerprint density at radius 1 is 1.05 bits per heavy atom. The molecule has 0 radical (unpaired) electrons. The molecule has 0 bridgehead atoms. The number of amides is 1. The first-order valence-electron chi connectivity index (χ1n) is 11.0. The van der Waals surface area contributed by atoms with E-state index in [0.717, 1.165) is 17.0 Å². The van der Waals surface area contributed by atoms with E-state index in [-0.39, 0.29) is 28.3 Å². The maximum Gasteiger partial charge on any atom is 0.573 e. The van der Waals surface area contributed by atoms with E-state index in [1.165, 1.54) is 43.8 Å². The van der Waals surface area contributed by atoms with Gasteiger partial charge in [-0.3, -0.25) is 0 Å². The summed E-state index contributed by atoms with van der Waals surface area (Å²) in [6.07, 6.45) is -2.95. The summed E-state index contributed by atoms with van der Waals surface area (Å²) >= 11 is 3.19. The second-order valence-electron chi connectivity index (χ2n) is 8.88. The summed E-state index contributed by atoms with van der Waals surface area (Å²) in [5, 5.41) is 10.2. The molecule has 1 amide bonds. The van der Waals surface area contributed by atoms with Crippen LogP contribution in [0.25, 0.3) is 11.1 Å². The molecule has 0 atom stereocenters. The molecule has 1 N–H and O–H groups in total. The van der Waals surface area contributed by atoms with E-state index in [2.05, 4.69) is 30.6 Å². The average molecular weight is 598 g/mol. The summed E-state index contributed by atoms with van der Waals surface area (Å²) in [7, 11) is 1.18. The lowest BCUT2D eigenvalue weighted by Crippen LogP contribution is -2.37. The van der Waals surface area contributed by atoms with Crippen molar-refractivity contribution in [1.29, 1.82) is 0 Å². The molecule has 3 aromatic rings. The van der Waals surface area contributed by atoms with Crippen LogP contribution in [0.3, 0.4) is 0 Å². The Labute approximate surface area is 224 Å². The normalized spacial score (nSPS) is 11.6. The van der Waals surface area contributed by atoms with Gasteiger partial charge in [-0.25, -0.2) is 24.5 Å². The zero-order valence-corrected chi connectivity index (χ0v) is 22.3. The number of phenols is 1. The van der Waals surface area contributed by atoms with E-state index in [0.29, 0.717) is 16.7 Å². The molecule has 0 fully saturated rings. The maximum atomic E-state index is 13.0. The number of halogens is 4. The lowest BCUT2D eigenvalue weighted by Gasteiger charge is -2.26. The number of alkyl halides is 3. The van der Waals surface area contributed by atoms with Gasteiger partial charge < -0.3 is 19.3 Å². The molecule has 0 aliphatic rings. The number of hydrogen-bond donors (Lipinski definition) is 1. The molecule has 0 saturated carbocycles. The van der Waals surface area contributed by atoms with Crippen molar-refractivity contribution in [3.63, 3.8) is 0 Å². The highest BCUT2D eigenvalue weighted by Gasteiger charge is 2.31. The standard InChI is InChI=1S/C25H23BrF3N3O6/c1-24(2,3)38-23(35)32(13-14-6-5-7-17(8-14)37-25(27,28)29)22-30-11-16(12-31-22)15-9-18(21(34)36-4)20(33)19(26)10-15/h5-12,33H,13H2,1-4H3. The molecule has 0 saturated heterocycles. The van der Waals surface area contributed by atoms with Crippen molar-refractivity contribution in [3.05, 3.63) is 64.4 Å². The lowest BCUT2D eigenvalue weighted by atomic mass is 10.0. The molecule has 0 unspecified atom stereocenters. The predicted molar refractivity (Wildman–Crippen MR) is 134 cm³/mol. The fourth-order valence-corrected chi connectivity index (χ4v) is 3.66. The number of anilines is 1. The minimum absolute atomic E-state index is 0.0858. The Balaban J connectivity index is 1.96. The number of methoxy groups -OCH3 is 1. The molecule has 38 heavy (non-hydrogen) atoms. The van der Waals surface area contributed by atoms with Crippen molar-refractivity contribution in [2.75, 3.05) is 12.0 Å². The molecule has 0 aliphatic carbocycles. The zero-order chi connectivity index (χ0) is 28.3. The van der Waals surface area contributed by atoms with Gasteiger partial charge in [0.05, 0.1) is 18.1 Å². The van der Waals surface area contributed by atoms with E-state index >= 15 is 0 Å². The van der Waals surface area contributed by atoms with Crippen LogP contribution in [-0.2, 0) is 16.0 Å². The fourth-order valence-electron chi connectivity index (χ4n) is 3.20. The number of ether oxygens (including phenoxy) is 3. The van der Waals surface area contributed by atoms with Crippen LogP contribution in [0.15, 0.2) is 53.3 Å². The van der Waals surface area contributed by atoms with Crippen molar-refractivity contribution >= 4 is 33.9 Å². The Morgan fingerprint density at radius 2 is 1.71 bits per heavy atom. The number of rotatable bonds is 6. The van der Waals surface area contributed by atoms with Gasteiger partial charge in [-0.05, 0) is 72.1 Å². The van der Waals surface area contributed by atoms with Gasteiger partial charge in [-0.15, -0.1) is 13.2 Å². The summed E-state index contributed by atoms with van der Waals surface area (Å²) in [5.74, 6) is -1.59. The van der Waals surface area contributed by atoms with Gasteiger partial charge in [0.25, 0.3) is 0 Å². The molecule has 2 aromatic carbocycles. The molecule has 13 heteroatoms. The number of hydrogen-bond acceptors (Lipinski definition) is 8. The van der Waals surface area contributed by atoms with E-state index in [9.17, 15) is 27.9 Å². The molecule has 1 aromatic heterocycles. The number of phenolic OH excluding ortho intramolecular Hbond substituents is 1. The van der Waals surface area contributed by atoms with Crippen LogP contribution < -0.4 is 9.64 Å². The Bertz CT molecular complexity index is 1330. The molecule has 0 spiro atoms. The fraction of sp³-hybridized carbons (Fsp3) is 0.280. The van der Waals surface area contributed by atoms with Crippen LogP contribution in [-0.4, -0.2) is 46.2 Å². The first-order chi connectivity index (χ1) is 17.7. The van der Waals surface area contributed by atoms with E-state index in [4.69, 9.17) is 9.47 Å². The molecule has 1 heterocycles. The SMILES string of the molecule is COC(=O)c1cc(-c2cnc(N(Cc3cccc(OC(F)(F)F)c3)C(=O)OC(C)(C)C)nc2)cc(Br)c1O. The van der Waals surface area contributed by atoms with Gasteiger partial charge in [-0.1, -0.05) is 12.1 Å². The smallest absolute Gasteiger partial charge is 0.506 e. The Kier molecular flexibility index (Phi) is 8.50. The van der Waals surface area contributed by atoms with Crippen LogP contribution in [0.4, 0.5) is 23.9 Å². The van der Waals surface area contributed by atoms with Crippen LogP contribution in [0.1, 0.15) is 36.7 Å². The summed E-state index contributed by atoms with van der Waals surface area (Å²) in [4.78, 5) is 34.6.